The molecule has 2 aliphatic rings. The second kappa shape index (κ2) is 3.50. The molecule has 0 amide bonds. The maximum atomic E-state index is 13.2. The van der Waals surface area contributed by atoms with Gasteiger partial charge in [-0.05, 0) is 32.4 Å². The van der Waals surface area contributed by atoms with E-state index in [1.165, 1.54) is 0 Å². The molecular weight excluding hydrogens is 174 g/mol. The van der Waals surface area contributed by atoms with Crippen LogP contribution in [0.25, 0.3) is 0 Å². The fourth-order valence-electron chi connectivity index (χ4n) is 1.50. The molecule has 0 aromatic rings. The van der Waals surface area contributed by atoms with Crippen LogP contribution >= 0.6 is 0 Å². The summed E-state index contributed by atoms with van der Waals surface area (Å²) < 4.78 is 26.4. The second-order valence-electron chi connectivity index (χ2n) is 4.14. The average molecular weight is 190 g/mol. The van der Waals surface area contributed by atoms with E-state index in [0.717, 1.165) is 32.4 Å². The quantitative estimate of drug-likeness (QED) is 0.698. The number of hydrogen-bond donors (Lipinski definition) is 1. The predicted molar refractivity (Wildman–Crippen MR) is 47.0 cm³/mol. The van der Waals surface area contributed by atoms with E-state index in [-0.39, 0.29) is 13.1 Å². The van der Waals surface area contributed by atoms with Gasteiger partial charge in [-0.25, -0.2) is 8.78 Å². The van der Waals surface area contributed by atoms with E-state index in [1.807, 2.05) is 4.90 Å². The molecule has 4 heteroatoms. The SMILES string of the molecule is FC(F)(CNC1CC1)CN1CCC1. The van der Waals surface area contributed by atoms with Gasteiger partial charge in [-0.3, -0.25) is 4.90 Å². The summed E-state index contributed by atoms with van der Waals surface area (Å²) in [6.45, 7) is 1.49. The van der Waals surface area contributed by atoms with Crippen molar-refractivity contribution in [3.63, 3.8) is 0 Å². The van der Waals surface area contributed by atoms with Crippen molar-refractivity contribution in [2.24, 2.45) is 0 Å². The number of nitrogens with zero attached hydrogens (tertiary/aromatic N) is 1. The van der Waals surface area contributed by atoms with Gasteiger partial charge >= 0.3 is 0 Å². The number of nitrogens with one attached hydrogen (secondary N) is 1. The largest absolute Gasteiger partial charge is 0.308 e. The molecule has 13 heavy (non-hydrogen) atoms. The van der Waals surface area contributed by atoms with Crippen LogP contribution in [0.2, 0.25) is 0 Å². The van der Waals surface area contributed by atoms with Gasteiger partial charge in [0.2, 0.25) is 0 Å². The summed E-state index contributed by atoms with van der Waals surface area (Å²) in [7, 11) is 0. The van der Waals surface area contributed by atoms with Crippen LogP contribution in [0.4, 0.5) is 8.78 Å². The molecule has 0 unspecified atom stereocenters. The third-order valence-corrected chi connectivity index (χ3v) is 2.63. The summed E-state index contributed by atoms with van der Waals surface area (Å²) in [5.41, 5.74) is 0. The van der Waals surface area contributed by atoms with Crippen molar-refractivity contribution in [3.05, 3.63) is 0 Å². The Balaban J connectivity index is 1.66. The molecule has 2 rings (SSSR count). The van der Waals surface area contributed by atoms with Crippen LogP contribution in [0, 0.1) is 0 Å². The Hall–Kier alpha value is -0.220. The Morgan fingerprint density at radius 3 is 2.46 bits per heavy atom. The number of hydrogen-bond acceptors (Lipinski definition) is 2. The molecule has 0 aromatic carbocycles. The van der Waals surface area contributed by atoms with E-state index in [4.69, 9.17) is 0 Å². The maximum absolute atomic E-state index is 13.2. The summed E-state index contributed by atoms with van der Waals surface area (Å²) in [4.78, 5) is 1.81. The molecular formula is C9H16F2N2. The minimum absolute atomic E-state index is 0.0628. The van der Waals surface area contributed by atoms with E-state index in [1.54, 1.807) is 0 Å². The molecule has 1 heterocycles. The number of halogens is 2. The lowest BCUT2D eigenvalue weighted by atomic mass is 10.2. The lowest BCUT2D eigenvalue weighted by Crippen LogP contribution is -2.48. The van der Waals surface area contributed by atoms with Crippen molar-refractivity contribution >= 4 is 0 Å². The first-order valence-electron chi connectivity index (χ1n) is 4.99. The van der Waals surface area contributed by atoms with Crippen LogP contribution in [-0.4, -0.2) is 43.0 Å². The highest BCUT2D eigenvalue weighted by molar-refractivity contribution is 4.85. The Morgan fingerprint density at radius 2 is 2.00 bits per heavy atom. The first-order valence-corrected chi connectivity index (χ1v) is 4.99. The molecule has 0 bridgehead atoms. The average Bonchev–Trinajstić information content (AvgIpc) is 2.77. The predicted octanol–water partition coefficient (Wildman–Crippen LogP) is 1.08. The van der Waals surface area contributed by atoms with Gasteiger partial charge in [0, 0.05) is 6.04 Å². The molecule has 2 nitrogen and oxygen atoms in total. The molecule has 0 atom stereocenters. The van der Waals surface area contributed by atoms with Gasteiger partial charge in [0.15, 0.2) is 0 Å². The van der Waals surface area contributed by atoms with Crippen LogP contribution in [-0.2, 0) is 0 Å². The molecule has 1 saturated carbocycles. The van der Waals surface area contributed by atoms with E-state index in [9.17, 15) is 8.78 Å². The number of alkyl halides is 2. The highest BCUT2D eigenvalue weighted by atomic mass is 19.3. The van der Waals surface area contributed by atoms with E-state index in [0.29, 0.717) is 6.04 Å². The van der Waals surface area contributed by atoms with Crippen molar-refractivity contribution in [1.82, 2.24) is 10.2 Å². The molecule has 0 aromatic heterocycles. The van der Waals surface area contributed by atoms with Crippen molar-refractivity contribution in [2.45, 2.75) is 31.2 Å². The topological polar surface area (TPSA) is 15.3 Å². The standard InChI is InChI=1S/C9H16F2N2/c10-9(11,6-12-8-2-3-8)7-13-4-1-5-13/h8,12H,1-7H2. The highest BCUT2D eigenvalue weighted by Crippen LogP contribution is 2.22. The van der Waals surface area contributed by atoms with Gasteiger partial charge in [-0.15, -0.1) is 0 Å². The molecule has 2 fully saturated rings. The zero-order chi connectivity index (χ0) is 9.31. The summed E-state index contributed by atoms with van der Waals surface area (Å²) in [5.74, 6) is -2.54. The molecule has 1 N–H and O–H groups in total. The summed E-state index contributed by atoms with van der Waals surface area (Å²) in [6.07, 6.45) is 3.21. The summed E-state index contributed by atoms with van der Waals surface area (Å²) >= 11 is 0. The number of rotatable bonds is 5. The molecule has 0 radical (unpaired) electrons. The van der Waals surface area contributed by atoms with Crippen LogP contribution < -0.4 is 5.32 Å². The van der Waals surface area contributed by atoms with Gasteiger partial charge in [0.25, 0.3) is 5.92 Å². The minimum atomic E-state index is -2.54. The van der Waals surface area contributed by atoms with Crippen molar-refractivity contribution in [3.8, 4) is 0 Å². The molecule has 0 spiro atoms. The first kappa shape index (κ1) is 9.34. The Morgan fingerprint density at radius 1 is 1.31 bits per heavy atom. The van der Waals surface area contributed by atoms with Crippen molar-refractivity contribution in [1.29, 1.82) is 0 Å². The summed E-state index contributed by atoms with van der Waals surface area (Å²) in [6, 6.07) is 0.377. The lowest BCUT2D eigenvalue weighted by Gasteiger charge is -2.33. The van der Waals surface area contributed by atoms with Gasteiger partial charge in [-0.1, -0.05) is 0 Å². The molecule has 76 valence electrons. The monoisotopic (exact) mass is 190 g/mol. The summed E-state index contributed by atoms with van der Waals surface area (Å²) in [5, 5.41) is 2.87. The van der Waals surface area contributed by atoms with E-state index < -0.39 is 5.92 Å². The maximum Gasteiger partial charge on any atom is 0.272 e. The first-order chi connectivity index (χ1) is 6.16. The Kier molecular flexibility index (Phi) is 2.51. The van der Waals surface area contributed by atoms with Crippen LogP contribution in [0.3, 0.4) is 0 Å². The normalized spacial score (nSPS) is 24.5. The van der Waals surface area contributed by atoms with Crippen molar-refractivity contribution < 1.29 is 8.78 Å². The van der Waals surface area contributed by atoms with E-state index in [2.05, 4.69) is 5.32 Å². The highest BCUT2D eigenvalue weighted by Gasteiger charge is 2.35. The molecule has 1 aliphatic carbocycles. The van der Waals surface area contributed by atoms with Gasteiger partial charge < -0.3 is 5.32 Å². The minimum Gasteiger partial charge on any atom is -0.308 e. The van der Waals surface area contributed by atoms with Crippen LogP contribution in [0.1, 0.15) is 19.3 Å². The smallest absolute Gasteiger partial charge is 0.272 e. The fraction of sp³-hybridized carbons (Fsp3) is 1.00. The zero-order valence-corrected chi connectivity index (χ0v) is 7.73. The third-order valence-electron chi connectivity index (χ3n) is 2.63. The zero-order valence-electron chi connectivity index (χ0n) is 7.73. The van der Waals surface area contributed by atoms with Crippen LogP contribution in [0.5, 0.6) is 0 Å². The van der Waals surface area contributed by atoms with E-state index >= 15 is 0 Å². The third kappa shape index (κ3) is 2.88. The second-order valence-corrected chi connectivity index (χ2v) is 4.14. The Bertz CT molecular complexity index is 176. The van der Waals surface area contributed by atoms with Gasteiger partial charge in [0.05, 0.1) is 13.1 Å². The molecule has 1 saturated heterocycles. The fourth-order valence-corrected chi connectivity index (χ4v) is 1.50. The molecule has 1 aliphatic heterocycles. The van der Waals surface area contributed by atoms with Crippen molar-refractivity contribution in [2.75, 3.05) is 26.2 Å². The lowest BCUT2D eigenvalue weighted by molar-refractivity contribution is -0.0445. The Labute approximate surface area is 77.3 Å². The van der Waals surface area contributed by atoms with Gasteiger partial charge in [-0.2, -0.15) is 0 Å². The number of likely N-dealkylation sites (tertiary alicyclic amines) is 1. The van der Waals surface area contributed by atoms with Crippen LogP contribution in [0.15, 0.2) is 0 Å². The van der Waals surface area contributed by atoms with Gasteiger partial charge in [0.1, 0.15) is 0 Å².